The number of hydrogen-bond donors (Lipinski definition) is 1. The maximum Gasteiger partial charge on any atom is 0.251 e. The van der Waals surface area contributed by atoms with Crippen LogP contribution in [0, 0.1) is 0 Å². The molecule has 4 nitrogen and oxygen atoms in total. The number of benzene rings is 2. The Morgan fingerprint density at radius 2 is 2.00 bits per heavy atom. The van der Waals surface area contributed by atoms with E-state index in [1.807, 2.05) is 66.3 Å². The predicted octanol–water partition coefficient (Wildman–Crippen LogP) is 3.12. The molecule has 0 spiro atoms. The molecule has 22 heavy (non-hydrogen) atoms. The van der Waals surface area contributed by atoms with Crippen LogP contribution in [0.3, 0.4) is 0 Å². The zero-order chi connectivity index (χ0) is 15.5. The van der Waals surface area contributed by atoms with Gasteiger partial charge in [-0.1, -0.05) is 24.3 Å². The SMILES string of the molecule is COc1ccccc1CNC(=O)c1ccc2ccn(C)c2c1. The number of ether oxygens (including phenoxy) is 1. The first kappa shape index (κ1) is 14.2. The summed E-state index contributed by atoms with van der Waals surface area (Å²) >= 11 is 0. The minimum absolute atomic E-state index is 0.0889. The highest BCUT2D eigenvalue weighted by Gasteiger charge is 2.09. The number of fused-ring (bicyclic) bond motifs is 1. The molecule has 3 rings (SSSR count). The van der Waals surface area contributed by atoms with E-state index in [9.17, 15) is 4.79 Å². The van der Waals surface area contributed by atoms with Crippen molar-refractivity contribution in [3.63, 3.8) is 0 Å². The van der Waals surface area contributed by atoms with E-state index in [-0.39, 0.29) is 5.91 Å². The number of aromatic nitrogens is 1. The van der Waals surface area contributed by atoms with Crippen LogP contribution in [0.5, 0.6) is 5.75 Å². The Morgan fingerprint density at radius 3 is 2.82 bits per heavy atom. The first-order chi connectivity index (χ1) is 10.7. The van der Waals surface area contributed by atoms with Gasteiger partial charge in [0, 0.05) is 36.4 Å². The van der Waals surface area contributed by atoms with E-state index >= 15 is 0 Å². The normalized spacial score (nSPS) is 10.6. The monoisotopic (exact) mass is 294 g/mol. The van der Waals surface area contributed by atoms with Gasteiger partial charge < -0.3 is 14.6 Å². The van der Waals surface area contributed by atoms with E-state index < -0.39 is 0 Å². The zero-order valence-corrected chi connectivity index (χ0v) is 12.7. The minimum Gasteiger partial charge on any atom is -0.496 e. The minimum atomic E-state index is -0.0889. The summed E-state index contributed by atoms with van der Waals surface area (Å²) in [5, 5.41) is 4.07. The Bertz CT molecular complexity index is 821. The highest BCUT2D eigenvalue weighted by Crippen LogP contribution is 2.18. The number of carbonyl (C=O) groups excluding carboxylic acids is 1. The molecular weight excluding hydrogens is 276 g/mol. The Morgan fingerprint density at radius 1 is 1.18 bits per heavy atom. The molecule has 0 aliphatic rings. The Labute approximate surface area is 129 Å². The smallest absolute Gasteiger partial charge is 0.251 e. The molecule has 0 aliphatic carbocycles. The van der Waals surface area contributed by atoms with Crippen molar-refractivity contribution in [3.05, 3.63) is 65.9 Å². The van der Waals surface area contributed by atoms with Gasteiger partial charge in [-0.3, -0.25) is 4.79 Å². The second kappa shape index (κ2) is 5.93. The molecule has 112 valence electrons. The van der Waals surface area contributed by atoms with Crippen molar-refractivity contribution in [3.8, 4) is 5.75 Å². The Balaban J connectivity index is 1.77. The lowest BCUT2D eigenvalue weighted by Gasteiger charge is -2.10. The number of aryl methyl sites for hydroxylation is 1. The van der Waals surface area contributed by atoms with Crippen LogP contribution in [-0.2, 0) is 13.6 Å². The lowest BCUT2D eigenvalue weighted by atomic mass is 10.1. The van der Waals surface area contributed by atoms with Crippen molar-refractivity contribution >= 4 is 16.8 Å². The molecule has 0 aliphatic heterocycles. The van der Waals surface area contributed by atoms with Crippen LogP contribution >= 0.6 is 0 Å². The molecule has 0 atom stereocenters. The van der Waals surface area contributed by atoms with Crippen molar-refractivity contribution < 1.29 is 9.53 Å². The fourth-order valence-corrected chi connectivity index (χ4v) is 2.53. The first-order valence-electron chi connectivity index (χ1n) is 7.14. The predicted molar refractivity (Wildman–Crippen MR) is 87.1 cm³/mol. The van der Waals surface area contributed by atoms with Gasteiger partial charge in [-0.15, -0.1) is 0 Å². The summed E-state index contributed by atoms with van der Waals surface area (Å²) in [5.41, 5.74) is 2.66. The summed E-state index contributed by atoms with van der Waals surface area (Å²) in [7, 11) is 3.60. The zero-order valence-electron chi connectivity index (χ0n) is 12.7. The summed E-state index contributed by atoms with van der Waals surface area (Å²) in [6.07, 6.45) is 1.99. The van der Waals surface area contributed by atoms with Gasteiger partial charge in [-0.2, -0.15) is 0 Å². The maximum atomic E-state index is 12.3. The molecule has 0 saturated heterocycles. The van der Waals surface area contributed by atoms with Gasteiger partial charge in [0.1, 0.15) is 5.75 Å². The van der Waals surface area contributed by atoms with Gasteiger partial charge in [0.25, 0.3) is 5.91 Å². The summed E-state index contributed by atoms with van der Waals surface area (Å²) in [6.45, 7) is 0.439. The van der Waals surface area contributed by atoms with Crippen molar-refractivity contribution in [2.45, 2.75) is 6.54 Å². The van der Waals surface area contributed by atoms with Crippen LogP contribution in [0.1, 0.15) is 15.9 Å². The number of nitrogens with zero attached hydrogens (tertiary/aromatic N) is 1. The van der Waals surface area contributed by atoms with Gasteiger partial charge >= 0.3 is 0 Å². The third kappa shape index (κ3) is 2.68. The van der Waals surface area contributed by atoms with Gasteiger partial charge in [0.15, 0.2) is 0 Å². The highest BCUT2D eigenvalue weighted by molar-refractivity contribution is 5.98. The van der Waals surface area contributed by atoms with Crippen molar-refractivity contribution in [1.82, 2.24) is 9.88 Å². The van der Waals surface area contributed by atoms with Crippen molar-refractivity contribution in [2.24, 2.45) is 7.05 Å². The van der Waals surface area contributed by atoms with Crippen molar-refractivity contribution in [2.75, 3.05) is 7.11 Å². The number of methoxy groups -OCH3 is 1. The number of rotatable bonds is 4. The first-order valence-corrected chi connectivity index (χ1v) is 7.14. The number of hydrogen-bond acceptors (Lipinski definition) is 2. The molecule has 1 N–H and O–H groups in total. The maximum absolute atomic E-state index is 12.3. The summed E-state index contributed by atoms with van der Waals surface area (Å²) < 4.78 is 7.30. The van der Waals surface area contributed by atoms with E-state index in [4.69, 9.17) is 4.74 Å². The van der Waals surface area contributed by atoms with Crippen LogP contribution in [0.15, 0.2) is 54.7 Å². The van der Waals surface area contributed by atoms with Crippen molar-refractivity contribution in [1.29, 1.82) is 0 Å². The van der Waals surface area contributed by atoms with Crippen LogP contribution in [0.4, 0.5) is 0 Å². The average Bonchev–Trinajstić information content (AvgIpc) is 2.93. The molecule has 1 heterocycles. The lowest BCUT2D eigenvalue weighted by Crippen LogP contribution is -2.23. The number of carbonyl (C=O) groups is 1. The summed E-state index contributed by atoms with van der Waals surface area (Å²) in [5.74, 6) is 0.690. The van der Waals surface area contributed by atoms with Gasteiger partial charge in [0.05, 0.1) is 7.11 Å². The second-order valence-electron chi connectivity index (χ2n) is 5.19. The van der Waals surface area contributed by atoms with Crippen LogP contribution in [0.25, 0.3) is 10.9 Å². The molecule has 4 heteroatoms. The lowest BCUT2D eigenvalue weighted by molar-refractivity contribution is 0.0951. The van der Waals surface area contributed by atoms with E-state index in [1.54, 1.807) is 7.11 Å². The molecule has 0 fully saturated rings. The standard InChI is InChI=1S/C18H18N2O2/c1-20-10-9-13-7-8-14(11-16(13)20)18(21)19-12-15-5-3-4-6-17(15)22-2/h3-11H,12H2,1-2H3,(H,19,21). The van der Waals surface area contributed by atoms with E-state index in [1.165, 1.54) is 0 Å². The molecule has 0 unspecified atom stereocenters. The molecule has 0 radical (unpaired) electrons. The van der Waals surface area contributed by atoms with Crippen LogP contribution < -0.4 is 10.1 Å². The third-order valence-electron chi connectivity index (χ3n) is 3.78. The molecule has 0 saturated carbocycles. The second-order valence-corrected chi connectivity index (χ2v) is 5.19. The largest absolute Gasteiger partial charge is 0.496 e. The topological polar surface area (TPSA) is 43.3 Å². The number of para-hydroxylation sites is 1. The molecule has 1 aromatic heterocycles. The molecule has 3 aromatic rings. The molecule has 0 bridgehead atoms. The van der Waals surface area contributed by atoms with Gasteiger partial charge in [0.2, 0.25) is 0 Å². The van der Waals surface area contributed by atoms with Gasteiger partial charge in [-0.25, -0.2) is 0 Å². The van der Waals surface area contributed by atoms with Crippen LogP contribution in [-0.4, -0.2) is 17.6 Å². The third-order valence-corrected chi connectivity index (χ3v) is 3.78. The molecule has 1 amide bonds. The number of amides is 1. The summed E-state index contributed by atoms with van der Waals surface area (Å²) in [6, 6.07) is 15.4. The molecular formula is C18H18N2O2. The molecule has 2 aromatic carbocycles. The van der Waals surface area contributed by atoms with E-state index in [2.05, 4.69) is 5.32 Å². The fraction of sp³-hybridized carbons (Fsp3) is 0.167. The highest BCUT2D eigenvalue weighted by atomic mass is 16.5. The fourth-order valence-electron chi connectivity index (χ4n) is 2.53. The Kier molecular flexibility index (Phi) is 3.83. The average molecular weight is 294 g/mol. The quantitative estimate of drug-likeness (QED) is 0.803. The summed E-state index contributed by atoms with van der Waals surface area (Å²) in [4.78, 5) is 12.3. The van der Waals surface area contributed by atoms with E-state index in [0.29, 0.717) is 12.1 Å². The van der Waals surface area contributed by atoms with Crippen LogP contribution in [0.2, 0.25) is 0 Å². The van der Waals surface area contributed by atoms with Gasteiger partial charge in [-0.05, 0) is 29.7 Å². The van der Waals surface area contributed by atoms with E-state index in [0.717, 1.165) is 22.2 Å². The number of nitrogens with one attached hydrogen (secondary N) is 1. The Hall–Kier alpha value is -2.75.